The molecule has 2 aromatic rings. The van der Waals surface area contributed by atoms with Crippen LogP contribution in [-0.2, 0) is 11.2 Å². The van der Waals surface area contributed by atoms with Crippen LogP contribution in [0.5, 0.6) is 0 Å². The largest absolute Gasteiger partial charge is 0.342 e. The van der Waals surface area contributed by atoms with Gasteiger partial charge in [0.1, 0.15) is 0 Å². The molecule has 0 radical (unpaired) electrons. The van der Waals surface area contributed by atoms with Crippen LogP contribution in [0.3, 0.4) is 0 Å². The summed E-state index contributed by atoms with van der Waals surface area (Å²) < 4.78 is 0. The van der Waals surface area contributed by atoms with Crippen LogP contribution in [0.1, 0.15) is 71.1 Å². The van der Waals surface area contributed by atoms with E-state index in [0.29, 0.717) is 18.2 Å². The highest BCUT2D eigenvalue weighted by atomic mass is 16.2. The van der Waals surface area contributed by atoms with Crippen LogP contribution >= 0.6 is 0 Å². The molecule has 2 amide bonds. The SMILES string of the molecule is CN(C(=O)C1c2ccccc2C(=O)N2CCc3ccccc3C12)C1CCCCC1. The maximum absolute atomic E-state index is 13.9. The van der Waals surface area contributed by atoms with Crippen LogP contribution in [0.15, 0.2) is 48.5 Å². The minimum atomic E-state index is -0.336. The van der Waals surface area contributed by atoms with E-state index in [0.717, 1.165) is 30.4 Å². The van der Waals surface area contributed by atoms with Crippen LogP contribution in [0.2, 0.25) is 0 Å². The van der Waals surface area contributed by atoms with Gasteiger partial charge in [0.25, 0.3) is 5.91 Å². The average molecular weight is 389 g/mol. The van der Waals surface area contributed by atoms with E-state index in [2.05, 4.69) is 18.2 Å². The Morgan fingerprint density at radius 2 is 1.66 bits per heavy atom. The zero-order valence-electron chi connectivity index (χ0n) is 17.0. The zero-order chi connectivity index (χ0) is 20.0. The third-order valence-electron chi connectivity index (χ3n) is 7.17. The Hall–Kier alpha value is -2.62. The lowest BCUT2D eigenvalue weighted by molar-refractivity contribution is -0.136. The van der Waals surface area contributed by atoms with Crippen molar-refractivity contribution in [2.24, 2.45) is 0 Å². The quantitative estimate of drug-likeness (QED) is 0.769. The number of hydrogen-bond donors (Lipinski definition) is 0. The molecule has 2 unspecified atom stereocenters. The molecule has 2 heterocycles. The molecule has 0 bridgehead atoms. The smallest absolute Gasteiger partial charge is 0.254 e. The van der Waals surface area contributed by atoms with Gasteiger partial charge < -0.3 is 9.80 Å². The molecule has 3 aliphatic rings. The standard InChI is InChI=1S/C25H28N2O2/c1-26(18-10-3-2-4-11-18)25(29)22-20-13-7-8-14-21(20)24(28)27-16-15-17-9-5-6-12-19(17)23(22)27/h5-9,12-14,18,22-23H,2-4,10-11,15-16H2,1H3. The zero-order valence-corrected chi connectivity index (χ0v) is 17.0. The lowest BCUT2D eigenvalue weighted by atomic mass is 9.75. The number of amides is 2. The van der Waals surface area contributed by atoms with Gasteiger partial charge in [-0.2, -0.15) is 0 Å². The molecule has 4 heteroatoms. The van der Waals surface area contributed by atoms with Crippen molar-refractivity contribution in [3.63, 3.8) is 0 Å². The molecule has 2 atom stereocenters. The Bertz CT molecular complexity index is 947. The van der Waals surface area contributed by atoms with Gasteiger partial charge in [-0.15, -0.1) is 0 Å². The second-order valence-corrected chi connectivity index (χ2v) is 8.70. The topological polar surface area (TPSA) is 40.6 Å². The number of rotatable bonds is 2. The number of carbonyl (C=O) groups excluding carboxylic acids is 2. The van der Waals surface area contributed by atoms with E-state index in [1.165, 1.54) is 24.8 Å². The fourth-order valence-electron chi connectivity index (χ4n) is 5.61. The van der Waals surface area contributed by atoms with Crippen LogP contribution < -0.4 is 0 Å². The van der Waals surface area contributed by atoms with Crippen molar-refractivity contribution in [3.8, 4) is 0 Å². The first-order valence-corrected chi connectivity index (χ1v) is 10.9. The van der Waals surface area contributed by atoms with Crippen LogP contribution in [-0.4, -0.2) is 41.2 Å². The van der Waals surface area contributed by atoms with Crippen molar-refractivity contribution in [1.29, 1.82) is 0 Å². The Kier molecular flexibility index (Phi) is 4.65. The number of nitrogens with zero attached hydrogens (tertiary/aromatic N) is 2. The third kappa shape index (κ3) is 2.97. The van der Waals surface area contributed by atoms with E-state index in [-0.39, 0.29) is 23.8 Å². The number of fused-ring (bicyclic) bond motifs is 4. The Balaban J connectivity index is 1.61. The fraction of sp³-hybridized carbons (Fsp3) is 0.440. The van der Waals surface area contributed by atoms with Crippen molar-refractivity contribution in [1.82, 2.24) is 9.80 Å². The van der Waals surface area contributed by atoms with E-state index in [1.54, 1.807) is 0 Å². The lowest BCUT2D eigenvalue weighted by Crippen LogP contribution is -2.51. The van der Waals surface area contributed by atoms with Crippen molar-refractivity contribution in [3.05, 3.63) is 70.8 Å². The van der Waals surface area contributed by atoms with Crippen LogP contribution in [0, 0.1) is 0 Å². The maximum atomic E-state index is 13.9. The predicted molar refractivity (Wildman–Crippen MR) is 113 cm³/mol. The number of carbonyl (C=O) groups is 2. The summed E-state index contributed by atoms with van der Waals surface area (Å²) in [6.07, 6.45) is 6.67. The highest BCUT2D eigenvalue weighted by Gasteiger charge is 2.47. The molecule has 5 rings (SSSR count). The molecule has 1 saturated carbocycles. The molecule has 0 N–H and O–H groups in total. The third-order valence-corrected chi connectivity index (χ3v) is 7.17. The summed E-state index contributed by atoms with van der Waals surface area (Å²) >= 11 is 0. The van der Waals surface area contributed by atoms with Crippen molar-refractivity contribution in [2.75, 3.05) is 13.6 Å². The van der Waals surface area contributed by atoms with Gasteiger partial charge >= 0.3 is 0 Å². The Labute approximate surface area is 172 Å². The first-order valence-electron chi connectivity index (χ1n) is 10.9. The van der Waals surface area contributed by atoms with Crippen LogP contribution in [0.25, 0.3) is 0 Å². The molecule has 1 fully saturated rings. The second kappa shape index (κ2) is 7.33. The van der Waals surface area contributed by atoms with Gasteiger partial charge in [0, 0.05) is 25.2 Å². The molecular weight excluding hydrogens is 360 g/mol. The van der Waals surface area contributed by atoms with E-state index in [9.17, 15) is 9.59 Å². The van der Waals surface area contributed by atoms with Crippen molar-refractivity contribution < 1.29 is 9.59 Å². The Morgan fingerprint density at radius 3 is 2.45 bits per heavy atom. The highest BCUT2D eigenvalue weighted by Crippen LogP contribution is 2.46. The summed E-state index contributed by atoms with van der Waals surface area (Å²) in [5, 5.41) is 0. The molecule has 2 aliphatic heterocycles. The number of likely N-dealkylation sites (N-methyl/N-ethyl adjacent to an activating group) is 1. The van der Waals surface area contributed by atoms with Gasteiger partial charge in [-0.05, 0) is 42.0 Å². The van der Waals surface area contributed by atoms with E-state index in [1.807, 2.05) is 47.2 Å². The van der Waals surface area contributed by atoms with Crippen molar-refractivity contribution in [2.45, 2.75) is 56.5 Å². The van der Waals surface area contributed by atoms with Gasteiger partial charge in [-0.3, -0.25) is 9.59 Å². The molecule has 0 spiro atoms. The second-order valence-electron chi connectivity index (χ2n) is 8.70. The van der Waals surface area contributed by atoms with E-state index >= 15 is 0 Å². The highest BCUT2D eigenvalue weighted by molar-refractivity contribution is 6.01. The normalized spacial score (nSPS) is 23.8. The van der Waals surface area contributed by atoms with Gasteiger partial charge in [0.2, 0.25) is 5.91 Å². The predicted octanol–water partition coefficient (Wildman–Crippen LogP) is 4.31. The monoisotopic (exact) mass is 388 g/mol. The number of benzene rings is 2. The summed E-state index contributed by atoms with van der Waals surface area (Å²) in [6, 6.07) is 16.2. The molecular formula is C25H28N2O2. The van der Waals surface area contributed by atoms with E-state index < -0.39 is 0 Å². The average Bonchev–Trinajstić information content (AvgIpc) is 2.79. The van der Waals surface area contributed by atoms with Crippen molar-refractivity contribution >= 4 is 11.8 Å². The van der Waals surface area contributed by atoms with Gasteiger partial charge in [-0.1, -0.05) is 61.7 Å². The summed E-state index contributed by atoms with van der Waals surface area (Å²) in [5.41, 5.74) is 3.98. The van der Waals surface area contributed by atoms with Crippen LogP contribution in [0.4, 0.5) is 0 Å². The summed E-state index contributed by atoms with van der Waals surface area (Å²) in [5.74, 6) is -0.120. The first kappa shape index (κ1) is 18.4. The first-order chi connectivity index (χ1) is 14.2. The fourth-order valence-corrected chi connectivity index (χ4v) is 5.61. The van der Waals surface area contributed by atoms with Gasteiger partial charge in [0.15, 0.2) is 0 Å². The summed E-state index contributed by atoms with van der Waals surface area (Å²) in [4.78, 5) is 31.2. The molecule has 1 aliphatic carbocycles. The summed E-state index contributed by atoms with van der Waals surface area (Å²) in [6.45, 7) is 0.672. The van der Waals surface area contributed by atoms with Gasteiger partial charge in [-0.25, -0.2) is 0 Å². The minimum Gasteiger partial charge on any atom is -0.342 e. The summed E-state index contributed by atoms with van der Waals surface area (Å²) in [7, 11) is 1.97. The molecule has 150 valence electrons. The van der Waals surface area contributed by atoms with E-state index in [4.69, 9.17) is 0 Å². The molecule has 0 aromatic heterocycles. The molecule has 4 nitrogen and oxygen atoms in total. The molecule has 2 aromatic carbocycles. The number of hydrogen-bond acceptors (Lipinski definition) is 2. The maximum Gasteiger partial charge on any atom is 0.254 e. The minimum absolute atomic E-state index is 0.0597. The van der Waals surface area contributed by atoms with Gasteiger partial charge in [0.05, 0.1) is 12.0 Å². The lowest BCUT2D eigenvalue weighted by Gasteiger charge is -2.46. The molecule has 29 heavy (non-hydrogen) atoms. The molecule has 0 saturated heterocycles. The Morgan fingerprint density at radius 1 is 0.966 bits per heavy atom.